The summed E-state index contributed by atoms with van der Waals surface area (Å²) in [6, 6.07) is 7.75. The van der Waals surface area contributed by atoms with E-state index in [1.54, 1.807) is 6.20 Å². The van der Waals surface area contributed by atoms with Crippen LogP contribution in [0.3, 0.4) is 0 Å². The molecule has 4 rings (SSSR count). The van der Waals surface area contributed by atoms with Crippen LogP contribution in [0.2, 0.25) is 5.02 Å². The van der Waals surface area contributed by atoms with Gasteiger partial charge in [0.25, 0.3) is 5.91 Å². The summed E-state index contributed by atoms with van der Waals surface area (Å²) in [4.78, 5) is 19.0. The van der Waals surface area contributed by atoms with Gasteiger partial charge in [-0.2, -0.15) is 0 Å². The van der Waals surface area contributed by atoms with E-state index in [2.05, 4.69) is 15.3 Å². The lowest BCUT2D eigenvalue weighted by molar-refractivity contribution is 0.0966. The zero-order valence-electron chi connectivity index (χ0n) is 10.4. The number of nitrogens with zero attached hydrogens (tertiary/aromatic N) is 1. The quantitative estimate of drug-likeness (QED) is 0.721. The van der Waals surface area contributed by atoms with E-state index in [9.17, 15) is 4.79 Å². The second-order valence-corrected chi connectivity index (χ2v) is 5.24. The van der Waals surface area contributed by atoms with E-state index in [0.717, 1.165) is 33.3 Å². The number of hydrogen-bond acceptors (Lipinski definition) is 2. The zero-order valence-corrected chi connectivity index (χ0v) is 11.2. The predicted molar refractivity (Wildman–Crippen MR) is 77.7 cm³/mol. The molecule has 1 amide bonds. The first-order valence-electron chi connectivity index (χ1n) is 6.26. The molecule has 2 aromatic heterocycles. The predicted octanol–water partition coefficient (Wildman–Crippen LogP) is 3.13. The molecule has 4 nitrogen and oxygen atoms in total. The number of halogens is 1. The van der Waals surface area contributed by atoms with Gasteiger partial charge in [-0.05, 0) is 29.3 Å². The Morgan fingerprint density at radius 3 is 3.00 bits per heavy atom. The van der Waals surface area contributed by atoms with Crippen molar-refractivity contribution in [3.63, 3.8) is 0 Å². The van der Waals surface area contributed by atoms with Crippen molar-refractivity contribution >= 4 is 28.5 Å². The lowest BCUT2D eigenvalue weighted by atomic mass is 10.0. The maximum Gasteiger partial charge on any atom is 0.251 e. The van der Waals surface area contributed by atoms with Gasteiger partial charge in [-0.3, -0.25) is 4.79 Å². The topological polar surface area (TPSA) is 57.8 Å². The molecule has 3 heterocycles. The number of amides is 1. The standard InChI is InChI=1S/C15H10ClN3O/c16-10-4-12-13(7-18-14(12)17-6-10)8-1-2-11-9(3-8)5-19-15(11)20/h1-4,6-7H,5H2,(H,17,18)(H,19,20). The van der Waals surface area contributed by atoms with E-state index >= 15 is 0 Å². The molecule has 3 aromatic rings. The van der Waals surface area contributed by atoms with Crippen molar-refractivity contribution in [2.24, 2.45) is 0 Å². The van der Waals surface area contributed by atoms with Crippen LogP contribution in [-0.4, -0.2) is 15.9 Å². The Kier molecular flexibility index (Phi) is 2.35. The van der Waals surface area contributed by atoms with Crippen molar-refractivity contribution in [3.05, 3.63) is 52.8 Å². The maximum atomic E-state index is 11.6. The second-order valence-electron chi connectivity index (χ2n) is 4.81. The van der Waals surface area contributed by atoms with E-state index in [1.165, 1.54) is 0 Å². The summed E-state index contributed by atoms with van der Waals surface area (Å²) in [5.41, 5.74) is 4.67. The molecule has 1 aliphatic heterocycles. The molecule has 0 fully saturated rings. The largest absolute Gasteiger partial charge is 0.348 e. The van der Waals surface area contributed by atoms with Crippen molar-refractivity contribution in [2.45, 2.75) is 6.54 Å². The molecule has 0 atom stereocenters. The summed E-state index contributed by atoms with van der Waals surface area (Å²) < 4.78 is 0. The fraction of sp³-hybridized carbons (Fsp3) is 0.0667. The first-order chi connectivity index (χ1) is 9.72. The van der Waals surface area contributed by atoms with E-state index in [1.807, 2.05) is 30.5 Å². The Bertz CT molecular complexity index is 853. The summed E-state index contributed by atoms with van der Waals surface area (Å²) >= 11 is 6.02. The van der Waals surface area contributed by atoms with Gasteiger partial charge in [0.2, 0.25) is 0 Å². The average Bonchev–Trinajstić information content (AvgIpc) is 3.02. The third-order valence-corrected chi connectivity index (χ3v) is 3.80. The average molecular weight is 284 g/mol. The minimum absolute atomic E-state index is 0.00446. The van der Waals surface area contributed by atoms with Crippen molar-refractivity contribution < 1.29 is 4.79 Å². The van der Waals surface area contributed by atoms with Gasteiger partial charge in [-0.1, -0.05) is 17.7 Å². The Hall–Kier alpha value is -2.33. The van der Waals surface area contributed by atoms with Gasteiger partial charge < -0.3 is 10.3 Å². The van der Waals surface area contributed by atoms with Gasteiger partial charge in [-0.25, -0.2) is 4.98 Å². The molecule has 20 heavy (non-hydrogen) atoms. The van der Waals surface area contributed by atoms with Gasteiger partial charge in [0, 0.05) is 35.5 Å². The molecule has 0 aliphatic carbocycles. The SMILES string of the molecule is O=C1NCc2cc(-c3c[nH]c4ncc(Cl)cc34)ccc21. The number of rotatable bonds is 1. The van der Waals surface area contributed by atoms with Crippen LogP contribution in [-0.2, 0) is 6.54 Å². The first kappa shape index (κ1) is 11.5. The monoisotopic (exact) mass is 283 g/mol. The minimum atomic E-state index is -0.00446. The van der Waals surface area contributed by atoms with Gasteiger partial charge >= 0.3 is 0 Å². The number of pyridine rings is 1. The van der Waals surface area contributed by atoms with Crippen LogP contribution in [0.5, 0.6) is 0 Å². The number of H-pyrrole nitrogens is 1. The van der Waals surface area contributed by atoms with Crippen LogP contribution >= 0.6 is 11.6 Å². The third-order valence-electron chi connectivity index (χ3n) is 3.60. The Balaban J connectivity index is 1.91. The molecule has 98 valence electrons. The van der Waals surface area contributed by atoms with Crippen LogP contribution < -0.4 is 5.32 Å². The molecule has 2 N–H and O–H groups in total. The van der Waals surface area contributed by atoms with Crippen molar-refractivity contribution in [3.8, 4) is 11.1 Å². The Labute approximate surface area is 119 Å². The molecule has 1 aromatic carbocycles. The molecule has 0 saturated carbocycles. The minimum Gasteiger partial charge on any atom is -0.348 e. The molecular formula is C15H10ClN3O. The van der Waals surface area contributed by atoms with Crippen LogP contribution in [0.1, 0.15) is 15.9 Å². The number of carbonyl (C=O) groups is 1. The molecule has 0 radical (unpaired) electrons. The van der Waals surface area contributed by atoms with Gasteiger partial charge in [0.1, 0.15) is 5.65 Å². The molecule has 0 bridgehead atoms. The summed E-state index contributed by atoms with van der Waals surface area (Å²) in [5.74, 6) is -0.00446. The third kappa shape index (κ3) is 1.62. The number of carbonyl (C=O) groups excluding carboxylic acids is 1. The number of benzene rings is 1. The number of nitrogens with one attached hydrogen (secondary N) is 2. The summed E-state index contributed by atoms with van der Waals surface area (Å²) in [7, 11) is 0. The van der Waals surface area contributed by atoms with Crippen LogP contribution in [0.25, 0.3) is 22.2 Å². The van der Waals surface area contributed by atoms with Crippen molar-refractivity contribution in [1.82, 2.24) is 15.3 Å². The van der Waals surface area contributed by atoms with Crippen LogP contribution in [0.4, 0.5) is 0 Å². The molecular weight excluding hydrogens is 274 g/mol. The lowest BCUT2D eigenvalue weighted by Crippen LogP contribution is -2.12. The smallest absolute Gasteiger partial charge is 0.251 e. The van der Waals surface area contributed by atoms with Crippen molar-refractivity contribution in [1.29, 1.82) is 0 Å². The van der Waals surface area contributed by atoms with Crippen LogP contribution in [0.15, 0.2) is 36.7 Å². The van der Waals surface area contributed by atoms with Gasteiger partial charge in [0.05, 0.1) is 5.02 Å². The van der Waals surface area contributed by atoms with E-state index in [0.29, 0.717) is 11.6 Å². The number of hydrogen-bond donors (Lipinski definition) is 2. The Morgan fingerprint density at radius 1 is 1.20 bits per heavy atom. The van der Waals surface area contributed by atoms with E-state index < -0.39 is 0 Å². The summed E-state index contributed by atoms with van der Waals surface area (Å²) in [5, 5.41) is 4.41. The lowest BCUT2D eigenvalue weighted by Gasteiger charge is -2.02. The first-order valence-corrected chi connectivity index (χ1v) is 6.64. The van der Waals surface area contributed by atoms with Crippen LogP contribution in [0, 0.1) is 0 Å². The van der Waals surface area contributed by atoms with Gasteiger partial charge in [-0.15, -0.1) is 0 Å². The maximum absolute atomic E-state index is 11.6. The highest BCUT2D eigenvalue weighted by atomic mass is 35.5. The normalized spacial score (nSPS) is 13.6. The molecule has 5 heteroatoms. The Morgan fingerprint density at radius 2 is 2.10 bits per heavy atom. The fourth-order valence-corrected chi connectivity index (χ4v) is 2.77. The zero-order chi connectivity index (χ0) is 13.7. The van der Waals surface area contributed by atoms with E-state index in [4.69, 9.17) is 11.6 Å². The number of aromatic amines is 1. The fourth-order valence-electron chi connectivity index (χ4n) is 2.62. The van der Waals surface area contributed by atoms with E-state index in [-0.39, 0.29) is 5.91 Å². The highest BCUT2D eigenvalue weighted by Crippen LogP contribution is 2.31. The number of aromatic nitrogens is 2. The summed E-state index contributed by atoms with van der Waals surface area (Å²) in [6.07, 6.45) is 3.54. The highest BCUT2D eigenvalue weighted by Gasteiger charge is 2.19. The summed E-state index contributed by atoms with van der Waals surface area (Å²) in [6.45, 7) is 0.587. The van der Waals surface area contributed by atoms with Crippen molar-refractivity contribution in [2.75, 3.05) is 0 Å². The second kappa shape index (κ2) is 4.08. The molecule has 0 spiro atoms. The van der Waals surface area contributed by atoms with Gasteiger partial charge in [0.15, 0.2) is 0 Å². The molecule has 1 aliphatic rings. The molecule has 0 unspecified atom stereocenters. The molecule has 0 saturated heterocycles. The highest BCUT2D eigenvalue weighted by molar-refractivity contribution is 6.31. The number of fused-ring (bicyclic) bond motifs is 2.